The number of fused-ring (bicyclic) bond motifs is 1. The van der Waals surface area contributed by atoms with Crippen molar-refractivity contribution in [3.8, 4) is 11.8 Å². The SMILES string of the molecule is CCOc1cccc2cc(C(C)NC(=O)CS(=O)(=O)Cc3ccc(C#N)cc3)oc12. The highest BCUT2D eigenvalue weighted by Gasteiger charge is 2.21. The number of benzene rings is 2. The van der Waals surface area contributed by atoms with Crippen LogP contribution in [0.15, 0.2) is 52.9 Å². The zero-order chi connectivity index (χ0) is 21.7. The number of amides is 1. The molecule has 2 aromatic carbocycles. The smallest absolute Gasteiger partial charge is 0.235 e. The summed E-state index contributed by atoms with van der Waals surface area (Å²) in [6.07, 6.45) is 0. The number of carbonyl (C=O) groups is 1. The van der Waals surface area contributed by atoms with Gasteiger partial charge in [0.2, 0.25) is 5.91 Å². The summed E-state index contributed by atoms with van der Waals surface area (Å²) in [4.78, 5) is 12.3. The van der Waals surface area contributed by atoms with Gasteiger partial charge in [-0.15, -0.1) is 0 Å². The van der Waals surface area contributed by atoms with Crippen molar-refractivity contribution < 1.29 is 22.4 Å². The van der Waals surface area contributed by atoms with E-state index >= 15 is 0 Å². The highest BCUT2D eigenvalue weighted by atomic mass is 32.2. The number of nitriles is 1. The lowest BCUT2D eigenvalue weighted by atomic mass is 10.2. The first-order valence-electron chi connectivity index (χ1n) is 9.45. The number of para-hydroxylation sites is 1. The molecule has 0 saturated heterocycles. The first kappa shape index (κ1) is 21.4. The van der Waals surface area contributed by atoms with Crippen LogP contribution >= 0.6 is 0 Å². The predicted molar refractivity (Wildman–Crippen MR) is 113 cm³/mol. The second-order valence-corrected chi connectivity index (χ2v) is 8.95. The van der Waals surface area contributed by atoms with Crippen LogP contribution in [0, 0.1) is 11.3 Å². The van der Waals surface area contributed by atoms with Gasteiger partial charge in [-0.05, 0) is 43.7 Å². The topological polar surface area (TPSA) is 109 Å². The minimum absolute atomic E-state index is 0.275. The van der Waals surface area contributed by atoms with E-state index in [-0.39, 0.29) is 5.75 Å². The van der Waals surface area contributed by atoms with E-state index in [2.05, 4.69) is 5.32 Å². The summed E-state index contributed by atoms with van der Waals surface area (Å²) >= 11 is 0. The molecule has 3 rings (SSSR count). The van der Waals surface area contributed by atoms with Gasteiger partial charge in [-0.1, -0.05) is 24.3 Å². The molecule has 30 heavy (non-hydrogen) atoms. The molecule has 1 heterocycles. The number of furan rings is 1. The number of hydrogen-bond acceptors (Lipinski definition) is 6. The van der Waals surface area contributed by atoms with Crippen molar-refractivity contribution in [1.29, 1.82) is 5.26 Å². The van der Waals surface area contributed by atoms with Crippen LogP contribution in [0.3, 0.4) is 0 Å². The van der Waals surface area contributed by atoms with Crippen molar-refractivity contribution in [1.82, 2.24) is 5.32 Å². The fourth-order valence-corrected chi connectivity index (χ4v) is 4.36. The fourth-order valence-electron chi connectivity index (χ4n) is 3.07. The van der Waals surface area contributed by atoms with E-state index in [1.54, 1.807) is 43.3 Å². The van der Waals surface area contributed by atoms with Crippen molar-refractivity contribution in [2.75, 3.05) is 12.4 Å². The van der Waals surface area contributed by atoms with Crippen LogP contribution in [0.5, 0.6) is 5.75 Å². The molecule has 3 aromatic rings. The van der Waals surface area contributed by atoms with Crippen molar-refractivity contribution in [3.63, 3.8) is 0 Å². The van der Waals surface area contributed by atoms with Gasteiger partial charge in [-0.3, -0.25) is 4.79 Å². The summed E-state index contributed by atoms with van der Waals surface area (Å²) in [6.45, 7) is 4.10. The standard InChI is InChI=1S/C22H22N2O5S/c1-3-28-19-6-4-5-18-11-20(29-22(18)19)15(2)24-21(25)14-30(26,27)13-17-9-7-16(12-23)8-10-17/h4-11,15H,3,13-14H2,1-2H3,(H,24,25). The van der Waals surface area contributed by atoms with Crippen molar-refractivity contribution >= 4 is 26.7 Å². The number of rotatable bonds is 8. The molecular formula is C22H22N2O5S. The van der Waals surface area contributed by atoms with Crippen LogP contribution in [0.4, 0.5) is 0 Å². The van der Waals surface area contributed by atoms with Gasteiger partial charge in [0, 0.05) is 5.39 Å². The van der Waals surface area contributed by atoms with Crippen LogP contribution in [0.2, 0.25) is 0 Å². The second kappa shape index (κ2) is 9.01. The third-order valence-corrected chi connectivity index (χ3v) is 5.93. The minimum Gasteiger partial charge on any atom is -0.490 e. The lowest BCUT2D eigenvalue weighted by Crippen LogP contribution is -2.32. The lowest BCUT2D eigenvalue weighted by molar-refractivity contribution is -0.119. The monoisotopic (exact) mass is 426 g/mol. The molecule has 0 fully saturated rings. The molecule has 8 heteroatoms. The summed E-state index contributed by atoms with van der Waals surface area (Å²) in [5.74, 6) is -0.397. The van der Waals surface area contributed by atoms with Crippen LogP contribution in [-0.2, 0) is 20.4 Å². The Morgan fingerprint density at radius 2 is 1.97 bits per heavy atom. The average molecular weight is 426 g/mol. The van der Waals surface area contributed by atoms with Gasteiger partial charge in [0.05, 0.1) is 30.0 Å². The van der Waals surface area contributed by atoms with Crippen molar-refractivity contribution in [3.05, 3.63) is 65.4 Å². The number of carbonyl (C=O) groups excluding carboxylic acids is 1. The molecule has 7 nitrogen and oxygen atoms in total. The van der Waals surface area contributed by atoms with Crippen LogP contribution < -0.4 is 10.1 Å². The zero-order valence-corrected chi connectivity index (χ0v) is 17.5. The molecule has 0 bridgehead atoms. The molecule has 156 valence electrons. The number of nitrogens with one attached hydrogen (secondary N) is 1. The maximum Gasteiger partial charge on any atom is 0.235 e. The largest absolute Gasteiger partial charge is 0.490 e. The van der Waals surface area contributed by atoms with E-state index in [4.69, 9.17) is 14.4 Å². The average Bonchev–Trinajstić information content (AvgIpc) is 3.13. The molecule has 1 aromatic heterocycles. The van der Waals surface area contributed by atoms with Gasteiger partial charge in [-0.2, -0.15) is 5.26 Å². The number of nitrogens with zero attached hydrogens (tertiary/aromatic N) is 1. The summed E-state index contributed by atoms with van der Waals surface area (Å²) in [5.41, 5.74) is 1.56. The van der Waals surface area contributed by atoms with Gasteiger partial charge in [0.1, 0.15) is 11.5 Å². The van der Waals surface area contributed by atoms with E-state index < -0.39 is 27.5 Å². The summed E-state index contributed by atoms with van der Waals surface area (Å²) in [5, 5.41) is 12.3. The zero-order valence-electron chi connectivity index (χ0n) is 16.7. The van der Waals surface area contributed by atoms with E-state index in [0.717, 1.165) is 5.39 Å². The Labute approximate surface area is 175 Å². The second-order valence-electron chi connectivity index (χ2n) is 6.89. The molecule has 0 spiro atoms. The number of sulfone groups is 1. The van der Waals surface area contributed by atoms with E-state index in [0.29, 0.717) is 34.8 Å². The highest BCUT2D eigenvalue weighted by Crippen LogP contribution is 2.31. The van der Waals surface area contributed by atoms with Gasteiger partial charge in [0.15, 0.2) is 21.2 Å². The van der Waals surface area contributed by atoms with Crippen molar-refractivity contribution in [2.45, 2.75) is 25.6 Å². The lowest BCUT2D eigenvalue weighted by Gasteiger charge is -2.12. The predicted octanol–water partition coefficient (Wildman–Crippen LogP) is 3.50. The Balaban J connectivity index is 1.65. The first-order valence-corrected chi connectivity index (χ1v) is 11.3. The van der Waals surface area contributed by atoms with Crippen molar-refractivity contribution in [2.24, 2.45) is 0 Å². The third kappa shape index (κ3) is 5.19. The van der Waals surface area contributed by atoms with Crippen LogP contribution in [0.25, 0.3) is 11.0 Å². The number of ether oxygens (including phenoxy) is 1. The summed E-state index contributed by atoms with van der Waals surface area (Å²) in [7, 11) is -3.67. The third-order valence-electron chi connectivity index (χ3n) is 4.45. The maximum absolute atomic E-state index is 12.4. The Morgan fingerprint density at radius 3 is 2.63 bits per heavy atom. The first-order chi connectivity index (χ1) is 14.3. The maximum atomic E-state index is 12.4. The van der Waals surface area contributed by atoms with E-state index in [1.165, 1.54) is 0 Å². The normalized spacial score (nSPS) is 12.3. The molecular weight excluding hydrogens is 404 g/mol. The quantitative estimate of drug-likeness (QED) is 0.590. The Morgan fingerprint density at radius 1 is 1.23 bits per heavy atom. The number of hydrogen-bond donors (Lipinski definition) is 1. The molecule has 1 N–H and O–H groups in total. The fraction of sp³-hybridized carbons (Fsp3) is 0.273. The molecule has 1 amide bonds. The Hall–Kier alpha value is -3.31. The Bertz CT molecular complexity index is 1190. The molecule has 1 atom stereocenters. The van der Waals surface area contributed by atoms with Gasteiger partial charge < -0.3 is 14.5 Å². The Kier molecular flexibility index (Phi) is 6.43. The van der Waals surface area contributed by atoms with Gasteiger partial charge in [-0.25, -0.2) is 8.42 Å². The molecule has 1 unspecified atom stereocenters. The van der Waals surface area contributed by atoms with Gasteiger partial charge in [0.25, 0.3) is 0 Å². The van der Waals surface area contributed by atoms with E-state index in [1.807, 2.05) is 25.1 Å². The van der Waals surface area contributed by atoms with Crippen LogP contribution in [-0.4, -0.2) is 26.7 Å². The minimum atomic E-state index is -3.67. The van der Waals surface area contributed by atoms with Gasteiger partial charge >= 0.3 is 0 Å². The molecule has 0 aliphatic carbocycles. The van der Waals surface area contributed by atoms with Crippen LogP contribution in [0.1, 0.15) is 36.8 Å². The van der Waals surface area contributed by atoms with E-state index in [9.17, 15) is 13.2 Å². The molecule has 0 aliphatic heterocycles. The highest BCUT2D eigenvalue weighted by molar-refractivity contribution is 7.91. The molecule has 0 saturated carbocycles. The summed E-state index contributed by atoms with van der Waals surface area (Å²) in [6, 6.07) is 15.0. The molecule has 0 radical (unpaired) electrons. The summed E-state index contributed by atoms with van der Waals surface area (Å²) < 4.78 is 36.1. The molecule has 0 aliphatic rings.